The largest absolute Gasteiger partial charge is 0.350 e. The van der Waals surface area contributed by atoms with Crippen molar-refractivity contribution in [2.24, 2.45) is 5.73 Å². The van der Waals surface area contributed by atoms with Crippen molar-refractivity contribution in [1.82, 2.24) is 4.98 Å². The van der Waals surface area contributed by atoms with E-state index < -0.39 is 0 Å². The molecular formula is C17H23N3. The molecule has 1 unspecified atom stereocenters. The number of hydrogen-bond acceptors (Lipinski definition) is 3. The highest BCUT2D eigenvalue weighted by Gasteiger charge is 2.17. The molecule has 0 bridgehead atoms. The van der Waals surface area contributed by atoms with Crippen molar-refractivity contribution >= 4 is 5.82 Å². The van der Waals surface area contributed by atoms with E-state index in [1.165, 1.54) is 5.56 Å². The third-order valence-electron chi connectivity index (χ3n) is 3.40. The number of benzene rings is 1. The van der Waals surface area contributed by atoms with Crippen LogP contribution in [0.25, 0.3) is 0 Å². The number of rotatable bonds is 5. The minimum absolute atomic E-state index is 0.0178. The first kappa shape index (κ1) is 14.5. The smallest absolute Gasteiger partial charge is 0.133 e. The van der Waals surface area contributed by atoms with Crippen molar-refractivity contribution in [3.63, 3.8) is 0 Å². The highest BCUT2D eigenvalue weighted by atomic mass is 15.2. The van der Waals surface area contributed by atoms with Crippen molar-refractivity contribution in [3.05, 3.63) is 59.8 Å². The Labute approximate surface area is 121 Å². The van der Waals surface area contributed by atoms with Gasteiger partial charge in [-0.05, 0) is 32.4 Å². The molecule has 1 aromatic carbocycles. The van der Waals surface area contributed by atoms with Crippen LogP contribution in [0.3, 0.4) is 0 Å². The molecule has 0 radical (unpaired) electrons. The topological polar surface area (TPSA) is 42.1 Å². The summed E-state index contributed by atoms with van der Waals surface area (Å²) in [5.74, 6) is 0.987. The van der Waals surface area contributed by atoms with E-state index >= 15 is 0 Å². The summed E-state index contributed by atoms with van der Waals surface area (Å²) in [5.41, 5.74) is 8.45. The van der Waals surface area contributed by atoms with E-state index in [4.69, 9.17) is 5.73 Å². The van der Waals surface area contributed by atoms with Gasteiger partial charge in [0.1, 0.15) is 5.82 Å². The number of hydrogen-bond donors (Lipinski definition) is 1. The molecule has 2 N–H and O–H groups in total. The van der Waals surface area contributed by atoms with Crippen LogP contribution in [-0.2, 0) is 6.54 Å². The maximum atomic E-state index is 6.08. The van der Waals surface area contributed by atoms with Gasteiger partial charge in [0.2, 0.25) is 0 Å². The zero-order chi connectivity index (χ0) is 14.5. The number of nitrogens with zero attached hydrogens (tertiary/aromatic N) is 2. The Hall–Kier alpha value is -1.87. The molecule has 0 fully saturated rings. The molecule has 0 aliphatic carbocycles. The normalized spacial score (nSPS) is 12.4. The lowest BCUT2D eigenvalue weighted by atomic mass is 10.1. The Bertz CT molecular complexity index is 535. The van der Waals surface area contributed by atoms with Gasteiger partial charge in [-0.2, -0.15) is 0 Å². The standard InChI is InChI=1S/C17H23N3/c1-13(2)20(12-15-8-5-4-6-9-15)17-16(14(3)18)10-7-11-19-17/h4-11,13-14H,12,18H2,1-3H3. The van der Waals surface area contributed by atoms with Crippen LogP contribution in [0, 0.1) is 0 Å². The second kappa shape index (κ2) is 6.53. The van der Waals surface area contributed by atoms with Crippen molar-refractivity contribution in [2.45, 2.75) is 39.4 Å². The summed E-state index contributed by atoms with van der Waals surface area (Å²) in [5, 5.41) is 0. The van der Waals surface area contributed by atoms with Crippen LogP contribution in [0.1, 0.15) is 37.9 Å². The molecule has 106 valence electrons. The molecular weight excluding hydrogens is 246 g/mol. The van der Waals surface area contributed by atoms with Gasteiger partial charge in [-0.15, -0.1) is 0 Å². The van der Waals surface area contributed by atoms with Gasteiger partial charge in [0, 0.05) is 30.4 Å². The summed E-state index contributed by atoms with van der Waals surface area (Å²) >= 11 is 0. The van der Waals surface area contributed by atoms with Gasteiger partial charge in [-0.25, -0.2) is 4.98 Å². The fourth-order valence-corrected chi connectivity index (χ4v) is 2.29. The van der Waals surface area contributed by atoms with Gasteiger partial charge in [0.25, 0.3) is 0 Å². The third-order valence-corrected chi connectivity index (χ3v) is 3.40. The highest BCUT2D eigenvalue weighted by molar-refractivity contribution is 5.49. The molecule has 0 aliphatic rings. The molecule has 3 heteroatoms. The molecule has 0 spiro atoms. The van der Waals surface area contributed by atoms with Crippen LogP contribution in [0.15, 0.2) is 48.7 Å². The predicted molar refractivity (Wildman–Crippen MR) is 84.6 cm³/mol. The second-order valence-electron chi connectivity index (χ2n) is 5.41. The van der Waals surface area contributed by atoms with Crippen molar-refractivity contribution < 1.29 is 0 Å². The lowest BCUT2D eigenvalue weighted by Crippen LogP contribution is -2.32. The van der Waals surface area contributed by atoms with E-state index in [9.17, 15) is 0 Å². The molecule has 2 rings (SSSR count). The molecule has 1 aromatic heterocycles. The van der Waals surface area contributed by atoms with Crippen LogP contribution in [-0.4, -0.2) is 11.0 Å². The third kappa shape index (κ3) is 3.36. The van der Waals surface area contributed by atoms with Crippen LogP contribution < -0.4 is 10.6 Å². The van der Waals surface area contributed by atoms with Crippen LogP contribution >= 0.6 is 0 Å². The molecule has 20 heavy (non-hydrogen) atoms. The fraction of sp³-hybridized carbons (Fsp3) is 0.353. The number of anilines is 1. The molecule has 0 aliphatic heterocycles. The van der Waals surface area contributed by atoms with E-state index in [2.05, 4.69) is 54.1 Å². The van der Waals surface area contributed by atoms with E-state index in [-0.39, 0.29) is 6.04 Å². The molecule has 3 nitrogen and oxygen atoms in total. The van der Waals surface area contributed by atoms with Gasteiger partial charge < -0.3 is 10.6 Å². The maximum absolute atomic E-state index is 6.08. The lowest BCUT2D eigenvalue weighted by Gasteiger charge is -2.30. The van der Waals surface area contributed by atoms with Crippen molar-refractivity contribution in [3.8, 4) is 0 Å². The second-order valence-corrected chi connectivity index (χ2v) is 5.41. The van der Waals surface area contributed by atoms with Gasteiger partial charge >= 0.3 is 0 Å². The zero-order valence-electron chi connectivity index (χ0n) is 12.5. The molecule has 0 saturated heterocycles. The number of aromatic nitrogens is 1. The maximum Gasteiger partial charge on any atom is 0.133 e. The first-order valence-corrected chi connectivity index (χ1v) is 7.10. The van der Waals surface area contributed by atoms with Crippen LogP contribution in [0.2, 0.25) is 0 Å². The molecule has 1 atom stereocenters. The Morgan fingerprint density at radius 2 is 1.75 bits per heavy atom. The summed E-state index contributed by atoms with van der Waals surface area (Å²) in [6.07, 6.45) is 1.83. The lowest BCUT2D eigenvalue weighted by molar-refractivity contribution is 0.660. The average molecular weight is 269 g/mol. The Kier molecular flexibility index (Phi) is 4.74. The summed E-state index contributed by atoms with van der Waals surface area (Å²) in [6, 6.07) is 14.8. The molecule has 1 heterocycles. The van der Waals surface area contributed by atoms with Crippen molar-refractivity contribution in [1.29, 1.82) is 0 Å². The van der Waals surface area contributed by atoms with Gasteiger partial charge in [-0.3, -0.25) is 0 Å². The van der Waals surface area contributed by atoms with Crippen molar-refractivity contribution in [2.75, 3.05) is 4.90 Å². The first-order chi connectivity index (χ1) is 9.59. The molecule has 2 aromatic rings. The molecule has 0 saturated carbocycles. The van der Waals surface area contributed by atoms with E-state index in [0.29, 0.717) is 6.04 Å². The van der Waals surface area contributed by atoms with E-state index in [1.807, 2.05) is 25.3 Å². The quantitative estimate of drug-likeness (QED) is 0.903. The first-order valence-electron chi connectivity index (χ1n) is 7.10. The zero-order valence-corrected chi connectivity index (χ0v) is 12.5. The van der Waals surface area contributed by atoms with Gasteiger partial charge in [0.05, 0.1) is 0 Å². The highest BCUT2D eigenvalue weighted by Crippen LogP contribution is 2.25. The minimum Gasteiger partial charge on any atom is -0.350 e. The van der Waals surface area contributed by atoms with Crippen LogP contribution in [0.4, 0.5) is 5.82 Å². The Morgan fingerprint density at radius 1 is 1.05 bits per heavy atom. The monoisotopic (exact) mass is 269 g/mol. The fourth-order valence-electron chi connectivity index (χ4n) is 2.29. The summed E-state index contributed by atoms with van der Waals surface area (Å²) in [6.45, 7) is 7.21. The number of pyridine rings is 1. The van der Waals surface area contributed by atoms with Crippen LogP contribution in [0.5, 0.6) is 0 Å². The summed E-state index contributed by atoms with van der Waals surface area (Å²) < 4.78 is 0. The number of nitrogens with two attached hydrogens (primary N) is 1. The minimum atomic E-state index is -0.0178. The SMILES string of the molecule is CC(N)c1cccnc1N(Cc1ccccc1)C(C)C. The Balaban J connectivity index is 2.34. The summed E-state index contributed by atoms with van der Waals surface area (Å²) in [7, 11) is 0. The summed E-state index contributed by atoms with van der Waals surface area (Å²) in [4.78, 5) is 6.86. The van der Waals surface area contributed by atoms with E-state index in [1.54, 1.807) is 0 Å². The van der Waals surface area contributed by atoms with Gasteiger partial charge in [-0.1, -0.05) is 36.4 Å². The average Bonchev–Trinajstić information content (AvgIpc) is 2.45. The Morgan fingerprint density at radius 3 is 2.35 bits per heavy atom. The van der Waals surface area contributed by atoms with Gasteiger partial charge in [0.15, 0.2) is 0 Å². The predicted octanol–water partition coefficient (Wildman–Crippen LogP) is 3.52. The molecule has 0 amide bonds. The van der Waals surface area contributed by atoms with E-state index in [0.717, 1.165) is 17.9 Å².